The number of carbonyl (C=O) groups is 2. The topological polar surface area (TPSA) is 66.4 Å². The van der Waals surface area contributed by atoms with E-state index in [0.717, 1.165) is 35.6 Å². The zero-order valence-electron chi connectivity index (χ0n) is 12.4. The second-order valence-corrected chi connectivity index (χ2v) is 7.11. The highest BCUT2D eigenvalue weighted by Crippen LogP contribution is 2.26. The average Bonchev–Trinajstić information content (AvgIpc) is 2.48. The Labute approximate surface area is 129 Å². The minimum Gasteiger partial charge on any atom is -0.481 e. The molecule has 0 aromatic heterocycles. The van der Waals surface area contributed by atoms with Crippen molar-refractivity contribution in [1.29, 1.82) is 0 Å². The lowest BCUT2D eigenvalue weighted by Crippen LogP contribution is -2.28. The number of nitrogens with one attached hydrogen (secondary N) is 1. The van der Waals surface area contributed by atoms with E-state index in [9.17, 15) is 14.7 Å². The Bertz CT molecular complexity index is 519. The number of carbonyl (C=O) groups excluding carboxylic acids is 1. The molecule has 1 fully saturated rings. The maximum atomic E-state index is 12.1. The molecule has 1 amide bonds. The molecule has 1 aromatic rings. The molecular formula is C16H21NO3S. The van der Waals surface area contributed by atoms with Gasteiger partial charge in [-0.3, -0.25) is 9.59 Å². The first-order valence-corrected chi connectivity index (χ1v) is 8.29. The van der Waals surface area contributed by atoms with Crippen molar-refractivity contribution in [2.75, 3.05) is 16.8 Å². The lowest BCUT2D eigenvalue weighted by molar-refractivity contribution is -0.142. The predicted molar refractivity (Wildman–Crippen MR) is 85.8 cm³/mol. The molecule has 0 saturated carbocycles. The van der Waals surface area contributed by atoms with Crippen molar-refractivity contribution in [3.05, 3.63) is 29.8 Å². The molecule has 114 valence electrons. The van der Waals surface area contributed by atoms with E-state index in [2.05, 4.69) is 5.32 Å². The minimum absolute atomic E-state index is 0.0699. The monoisotopic (exact) mass is 307 g/mol. The molecule has 0 radical (unpaired) electrons. The number of carboxylic acids is 1. The minimum atomic E-state index is -0.927. The van der Waals surface area contributed by atoms with Crippen molar-refractivity contribution < 1.29 is 14.7 Å². The Morgan fingerprint density at radius 1 is 1.19 bits per heavy atom. The Morgan fingerprint density at radius 3 is 2.29 bits per heavy atom. The van der Waals surface area contributed by atoms with Gasteiger partial charge in [-0.1, -0.05) is 12.1 Å². The summed E-state index contributed by atoms with van der Waals surface area (Å²) in [6.45, 7) is 3.34. The van der Waals surface area contributed by atoms with Crippen LogP contribution in [0.1, 0.15) is 32.3 Å². The predicted octanol–water partition coefficient (Wildman–Crippen LogP) is 3.13. The first-order valence-electron chi connectivity index (χ1n) is 7.14. The Balaban J connectivity index is 2.02. The van der Waals surface area contributed by atoms with E-state index in [4.69, 9.17) is 0 Å². The molecule has 0 atom stereocenters. The van der Waals surface area contributed by atoms with E-state index in [1.165, 1.54) is 0 Å². The molecule has 1 aliphatic rings. The molecule has 1 heterocycles. The summed E-state index contributed by atoms with van der Waals surface area (Å²) in [4.78, 5) is 23.4. The summed E-state index contributed by atoms with van der Waals surface area (Å²) in [6, 6.07) is 7.08. The third-order valence-corrected chi connectivity index (χ3v) is 5.05. The molecule has 0 aliphatic carbocycles. The summed E-state index contributed by atoms with van der Waals surface area (Å²) in [5.41, 5.74) is 0.522. The van der Waals surface area contributed by atoms with Crippen LogP contribution in [0.2, 0.25) is 0 Å². The number of hydrogen-bond acceptors (Lipinski definition) is 3. The molecule has 0 unspecified atom stereocenters. The Kier molecular flexibility index (Phi) is 4.93. The SMILES string of the molecule is CC(C)(C(=O)O)c1ccc(NC(=O)C2CCSCC2)cc1. The van der Waals surface area contributed by atoms with E-state index < -0.39 is 11.4 Å². The maximum Gasteiger partial charge on any atom is 0.313 e. The summed E-state index contributed by atoms with van der Waals surface area (Å²) >= 11 is 1.89. The van der Waals surface area contributed by atoms with Crippen LogP contribution in [0.3, 0.4) is 0 Å². The standard InChI is InChI=1S/C16H21NO3S/c1-16(2,15(19)20)12-3-5-13(6-4-12)17-14(18)11-7-9-21-10-8-11/h3-6,11H,7-10H2,1-2H3,(H,17,18)(H,19,20). The van der Waals surface area contributed by atoms with Gasteiger partial charge < -0.3 is 10.4 Å². The number of anilines is 1. The number of rotatable bonds is 4. The quantitative estimate of drug-likeness (QED) is 0.897. The fraction of sp³-hybridized carbons (Fsp3) is 0.500. The summed E-state index contributed by atoms with van der Waals surface area (Å²) < 4.78 is 0. The zero-order chi connectivity index (χ0) is 15.5. The lowest BCUT2D eigenvalue weighted by atomic mass is 9.85. The first-order chi connectivity index (χ1) is 9.91. The Hall–Kier alpha value is -1.49. The van der Waals surface area contributed by atoms with Crippen LogP contribution in [0.15, 0.2) is 24.3 Å². The van der Waals surface area contributed by atoms with Crippen molar-refractivity contribution in [3.8, 4) is 0 Å². The van der Waals surface area contributed by atoms with Crippen molar-refractivity contribution >= 4 is 29.3 Å². The van der Waals surface area contributed by atoms with Crippen molar-refractivity contribution in [2.45, 2.75) is 32.1 Å². The van der Waals surface area contributed by atoms with E-state index >= 15 is 0 Å². The number of thioether (sulfide) groups is 1. The average molecular weight is 307 g/mol. The molecule has 1 aliphatic heterocycles. The largest absolute Gasteiger partial charge is 0.481 e. The number of amides is 1. The highest BCUT2D eigenvalue weighted by molar-refractivity contribution is 7.99. The number of aliphatic carboxylic acids is 1. The van der Waals surface area contributed by atoms with Gasteiger partial charge in [0.15, 0.2) is 0 Å². The van der Waals surface area contributed by atoms with Crippen molar-refractivity contribution in [2.24, 2.45) is 5.92 Å². The highest BCUT2D eigenvalue weighted by atomic mass is 32.2. The van der Waals surface area contributed by atoms with Gasteiger partial charge in [0.05, 0.1) is 5.41 Å². The summed E-state index contributed by atoms with van der Waals surface area (Å²) in [7, 11) is 0. The highest BCUT2D eigenvalue weighted by Gasteiger charge is 2.29. The maximum absolute atomic E-state index is 12.1. The van der Waals surface area contributed by atoms with Crippen LogP contribution >= 0.6 is 11.8 Å². The smallest absolute Gasteiger partial charge is 0.313 e. The molecule has 2 N–H and O–H groups in total. The van der Waals surface area contributed by atoms with E-state index in [0.29, 0.717) is 0 Å². The second kappa shape index (κ2) is 6.52. The van der Waals surface area contributed by atoms with Gasteiger partial charge in [0.1, 0.15) is 0 Å². The number of carboxylic acid groups (broad SMARTS) is 1. The molecule has 0 spiro atoms. The Morgan fingerprint density at radius 2 is 1.76 bits per heavy atom. The molecule has 1 saturated heterocycles. The van der Waals surface area contributed by atoms with Gasteiger partial charge in [-0.05, 0) is 55.9 Å². The van der Waals surface area contributed by atoms with Crippen LogP contribution in [0.25, 0.3) is 0 Å². The molecule has 0 bridgehead atoms. The van der Waals surface area contributed by atoms with Crippen LogP contribution < -0.4 is 5.32 Å². The molecule has 5 heteroatoms. The van der Waals surface area contributed by atoms with Crippen molar-refractivity contribution in [3.63, 3.8) is 0 Å². The third-order valence-electron chi connectivity index (χ3n) is 4.00. The number of hydrogen-bond donors (Lipinski definition) is 2. The lowest BCUT2D eigenvalue weighted by Gasteiger charge is -2.22. The summed E-state index contributed by atoms with van der Waals surface area (Å²) in [5.74, 6) is 1.40. The van der Waals surface area contributed by atoms with Crippen LogP contribution in [-0.2, 0) is 15.0 Å². The van der Waals surface area contributed by atoms with Gasteiger partial charge in [-0.15, -0.1) is 0 Å². The van der Waals surface area contributed by atoms with Gasteiger partial charge in [-0.25, -0.2) is 0 Å². The normalized spacial score (nSPS) is 16.5. The molecule has 21 heavy (non-hydrogen) atoms. The van der Waals surface area contributed by atoms with Gasteiger partial charge in [-0.2, -0.15) is 11.8 Å². The van der Waals surface area contributed by atoms with E-state index in [-0.39, 0.29) is 11.8 Å². The zero-order valence-corrected chi connectivity index (χ0v) is 13.2. The van der Waals surface area contributed by atoms with Gasteiger partial charge in [0.2, 0.25) is 5.91 Å². The fourth-order valence-electron chi connectivity index (χ4n) is 2.30. The first kappa shape index (κ1) is 15.9. The van der Waals surface area contributed by atoms with Crippen LogP contribution in [0.5, 0.6) is 0 Å². The van der Waals surface area contributed by atoms with Gasteiger partial charge >= 0.3 is 5.97 Å². The fourth-order valence-corrected chi connectivity index (χ4v) is 3.40. The molecule has 2 rings (SSSR count). The molecule has 1 aromatic carbocycles. The third kappa shape index (κ3) is 3.79. The van der Waals surface area contributed by atoms with Crippen LogP contribution in [0, 0.1) is 5.92 Å². The van der Waals surface area contributed by atoms with E-state index in [1.807, 2.05) is 11.8 Å². The second-order valence-electron chi connectivity index (χ2n) is 5.88. The van der Waals surface area contributed by atoms with Crippen LogP contribution in [0.4, 0.5) is 5.69 Å². The van der Waals surface area contributed by atoms with Gasteiger partial charge in [0, 0.05) is 11.6 Å². The number of benzene rings is 1. The summed E-state index contributed by atoms with van der Waals surface area (Å²) in [6.07, 6.45) is 1.86. The van der Waals surface area contributed by atoms with Crippen LogP contribution in [-0.4, -0.2) is 28.5 Å². The summed E-state index contributed by atoms with van der Waals surface area (Å²) in [5, 5.41) is 12.1. The molecule has 4 nitrogen and oxygen atoms in total. The van der Waals surface area contributed by atoms with Gasteiger partial charge in [0.25, 0.3) is 0 Å². The van der Waals surface area contributed by atoms with E-state index in [1.54, 1.807) is 38.1 Å². The van der Waals surface area contributed by atoms with Crippen molar-refractivity contribution in [1.82, 2.24) is 0 Å². The molecular weight excluding hydrogens is 286 g/mol.